The summed E-state index contributed by atoms with van der Waals surface area (Å²) in [5.41, 5.74) is 2.35. The minimum absolute atomic E-state index is 0.0551. The van der Waals surface area contributed by atoms with Gasteiger partial charge in [-0.2, -0.15) is 0 Å². The summed E-state index contributed by atoms with van der Waals surface area (Å²) < 4.78 is 5.20. The van der Waals surface area contributed by atoms with E-state index in [1.807, 2.05) is 18.2 Å². The number of rotatable bonds is 5. The average molecular weight is 312 g/mol. The molecule has 0 aromatic heterocycles. The summed E-state index contributed by atoms with van der Waals surface area (Å²) in [7, 11) is 1.53. The fourth-order valence-electron chi connectivity index (χ4n) is 2.02. The molecule has 6 heteroatoms. The zero-order valence-electron chi connectivity index (χ0n) is 12.8. The van der Waals surface area contributed by atoms with Crippen LogP contribution >= 0.6 is 0 Å². The lowest BCUT2D eigenvalue weighted by Gasteiger charge is -2.09. The lowest BCUT2D eigenvalue weighted by Crippen LogP contribution is -2.07. The average Bonchev–Trinajstić information content (AvgIpc) is 2.53. The van der Waals surface area contributed by atoms with Crippen molar-refractivity contribution in [2.75, 3.05) is 12.4 Å². The maximum atomic E-state index is 11.2. The highest BCUT2D eigenvalue weighted by Crippen LogP contribution is 2.26. The van der Waals surface area contributed by atoms with Crippen molar-refractivity contribution in [3.8, 4) is 5.75 Å². The minimum Gasteiger partial charge on any atom is -0.495 e. The van der Waals surface area contributed by atoms with E-state index >= 15 is 0 Å². The maximum Gasteiger partial charge on any atom is 0.269 e. The molecule has 0 aliphatic heterocycles. The Morgan fingerprint density at radius 1 is 1.13 bits per heavy atom. The summed E-state index contributed by atoms with van der Waals surface area (Å²) in [6.07, 6.45) is 3.69. The van der Waals surface area contributed by atoms with Crippen molar-refractivity contribution in [1.82, 2.24) is 0 Å². The molecule has 0 aliphatic rings. The van der Waals surface area contributed by atoms with E-state index in [4.69, 9.17) is 4.74 Å². The maximum absolute atomic E-state index is 11.2. The van der Waals surface area contributed by atoms with Gasteiger partial charge in [0.2, 0.25) is 5.91 Å². The number of anilines is 1. The molecular formula is C17H16N2O4. The summed E-state index contributed by atoms with van der Waals surface area (Å²) in [6, 6.07) is 11.7. The predicted molar refractivity (Wildman–Crippen MR) is 89.3 cm³/mol. The number of nitrogens with zero attached hydrogens (tertiary/aromatic N) is 1. The molecule has 0 spiro atoms. The van der Waals surface area contributed by atoms with Crippen LogP contribution in [0.4, 0.5) is 11.4 Å². The van der Waals surface area contributed by atoms with E-state index < -0.39 is 4.92 Å². The molecule has 118 valence electrons. The number of nitro groups is 1. The molecule has 2 aromatic carbocycles. The van der Waals surface area contributed by atoms with Gasteiger partial charge in [0.15, 0.2) is 0 Å². The first-order valence-electron chi connectivity index (χ1n) is 6.88. The topological polar surface area (TPSA) is 81.5 Å². The number of carbonyl (C=O) groups excluding carboxylic acids is 1. The molecule has 2 aromatic rings. The molecule has 23 heavy (non-hydrogen) atoms. The van der Waals surface area contributed by atoms with Gasteiger partial charge >= 0.3 is 0 Å². The van der Waals surface area contributed by atoms with Gasteiger partial charge in [0.05, 0.1) is 17.7 Å². The Kier molecular flexibility index (Phi) is 5.09. The van der Waals surface area contributed by atoms with E-state index in [-0.39, 0.29) is 11.6 Å². The molecule has 0 saturated carbocycles. The molecule has 0 saturated heterocycles. The molecule has 6 nitrogen and oxygen atoms in total. The van der Waals surface area contributed by atoms with Gasteiger partial charge in [0.1, 0.15) is 5.75 Å². The Morgan fingerprint density at radius 3 is 2.30 bits per heavy atom. The van der Waals surface area contributed by atoms with Crippen molar-refractivity contribution in [2.45, 2.75) is 6.92 Å². The van der Waals surface area contributed by atoms with E-state index in [0.29, 0.717) is 11.4 Å². The quantitative estimate of drug-likeness (QED) is 0.518. The molecule has 0 fully saturated rings. The number of carbonyl (C=O) groups is 1. The van der Waals surface area contributed by atoms with Crippen LogP contribution in [0, 0.1) is 10.1 Å². The normalized spacial score (nSPS) is 10.5. The number of nitrogens with one attached hydrogen (secondary N) is 1. The molecule has 1 N–H and O–H groups in total. The number of non-ortho nitro benzene ring substituents is 1. The van der Waals surface area contributed by atoms with Crippen LogP contribution in [-0.2, 0) is 4.79 Å². The lowest BCUT2D eigenvalue weighted by molar-refractivity contribution is -0.384. The van der Waals surface area contributed by atoms with Crippen LogP contribution in [0.3, 0.4) is 0 Å². The lowest BCUT2D eigenvalue weighted by atomic mass is 10.1. The van der Waals surface area contributed by atoms with Gasteiger partial charge in [-0.1, -0.05) is 18.2 Å². The summed E-state index contributed by atoms with van der Waals surface area (Å²) in [5.74, 6) is 0.396. The molecule has 0 atom stereocenters. The van der Waals surface area contributed by atoms with Crippen molar-refractivity contribution >= 4 is 29.4 Å². The largest absolute Gasteiger partial charge is 0.495 e. The van der Waals surface area contributed by atoms with Crippen molar-refractivity contribution in [1.29, 1.82) is 0 Å². The Hall–Kier alpha value is -3.15. The zero-order chi connectivity index (χ0) is 16.8. The number of hydrogen-bond donors (Lipinski definition) is 1. The van der Waals surface area contributed by atoms with Crippen LogP contribution in [0.5, 0.6) is 5.75 Å². The second-order valence-electron chi connectivity index (χ2n) is 4.82. The number of nitro benzene ring substituents is 1. The van der Waals surface area contributed by atoms with Crippen LogP contribution in [0.1, 0.15) is 18.1 Å². The monoisotopic (exact) mass is 312 g/mol. The third kappa shape index (κ3) is 4.41. The van der Waals surface area contributed by atoms with Crippen LogP contribution in [-0.4, -0.2) is 17.9 Å². The van der Waals surface area contributed by atoms with E-state index in [2.05, 4.69) is 5.32 Å². The van der Waals surface area contributed by atoms with Crippen molar-refractivity contribution < 1.29 is 14.5 Å². The third-order valence-electron chi connectivity index (χ3n) is 3.11. The number of ether oxygens (including phenoxy) is 1. The van der Waals surface area contributed by atoms with Crippen LogP contribution in [0.2, 0.25) is 0 Å². The number of benzene rings is 2. The number of amides is 1. The van der Waals surface area contributed by atoms with Gasteiger partial charge in [-0.3, -0.25) is 14.9 Å². The van der Waals surface area contributed by atoms with Gasteiger partial charge in [-0.05, 0) is 35.4 Å². The highest BCUT2D eigenvalue weighted by Gasteiger charge is 2.05. The second-order valence-corrected chi connectivity index (χ2v) is 4.82. The first-order valence-corrected chi connectivity index (χ1v) is 6.88. The first kappa shape index (κ1) is 16.2. The standard InChI is InChI=1S/C17H16N2O4/c1-12(20)18-16-11-14(7-10-17(16)23-2)4-3-13-5-8-15(9-6-13)19(21)22/h3-11H,1-2H3,(H,18,20). The van der Waals surface area contributed by atoms with E-state index in [1.165, 1.54) is 26.2 Å². The fraction of sp³-hybridized carbons (Fsp3) is 0.118. The molecule has 0 unspecified atom stereocenters. The predicted octanol–water partition coefficient (Wildman–Crippen LogP) is 3.73. The number of methoxy groups -OCH3 is 1. The van der Waals surface area contributed by atoms with Gasteiger partial charge in [-0.25, -0.2) is 0 Å². The van der Waals surface area contributed by atoms with Crippen molar-refractivity contribution in [2.24, 2.45) is 0 Å². The molecule has 0 radical (unpaired) electrons. The van der Waals surface area contributed by atoms with Crippen LogP contribution in [0.15, 0.2) is 42.5 Å². The van der Waals surface area contributed by atoms with Gasteiger partial charge in [-0.15, -0.1) is 0 Å². The van der Waals surface area contributed by atoms with Crippen LogP contribution < -0.4 is 10.1 Å². The van der Waals surface area contributed by atoms with Crippen molar-refractivity contribution in [3.05, 3.63) is 63.7 Å². The summed E-state index contributed by atoms with van der Waals surface area (Å²) in [4.78, 5) is 21.4. The highest BCUT2D eigenvalue weighted by atomic mass is 16.6. The SMILES string of the molecule is COc1ccc(C=Cc2ccc([N+](=O)[O-])cc2)cc1NC(C)=O. The van der Waals surface area contributed by atoms with Gasteiger partial charge in [0.25, 0.3) is 5.69 Å². The van der Waals surface area contributed by atoms with E-state index in [0.717, 1.165) is 11.1 Å². The zero-order valence-corrected chi connectivity index (χ0v) is 12.8. The molecule has 0 bridgehead atoms. The Bertz CT molecular complexity index is 752. The summed E-state index contributed by atoms with van der Waals surface area (Å²) >= 11 is 0. The van der Waals surface area contributed by atoms with E-state index in [1.54, 1.807) is 24.3 Å². The van der Waals surface area contributed by atoms with Crippen molar-refractivity contribution in [3.63, 3.8) is 0 Å². The molecule has 2 rings (SSSR count). The summed E-state index contributed by atoms with van der Waals surface area (Å²) in [6.45, 7) is 1.43. The van der Waals surface area contributed by atoms with Crippen LogP contribution in [0.25, 0.3) is 12.2 Å². The Labute approximate surface area is 133 Å². The number of hydrogen-bond acceptors (Lipinski definition) is 4. The Balaban J connectivity index is 2.21. The minimum atomic E-state index is -0.434. The molecule has 0 heterocycles. The molecular weight excluding hydrogens is 296 g/mol. The molecule has 1 amide bonds. The molecule has 0 aliphatic carbocycles. The second kappa shape index (κ2) is 7.22. The van der Waals surface area contributed by atoms with E-state index in [9.17, 15) is 14.9 Å². The van der Waals surface area contributed by atoms with Gasteiger partial charge in [0, 0.05) is 19.1 Å². The third-order valence-corrected chi connectivity index (χ3v) is 3.11. The highest BCUT2D eigenvalue weighted by molar-refractivity contribution is 5.91. The smallest absolute Gasteiger partial charge is 0.269 e. The Morgan fingerprint density at radius 2 is 1.74 bits per heavy atom. The first-order chi connectivity index (χ1) is 11.0. The summed E-state index contributed by atoms with van der Waals surface area (Å²) in [5, 5.41) is 13.3. The fourth-order valence-corrected chi connectivity index (χ4v) is 2.02. The van der Waals surface area contributed by atoms with Gasteiger partial charge < -0.3 is 10.1 Å².